The normalized spacial score (nSPS) is 13.0. The largest absolute Gasteiger partial charge is 0.497 e. The molecular formula is C15H24N2O3. The second-order valence-electron chi connectivity index (χ2n) is 5.62. The zero-order valence-corrected chi connectivity index (χ0v) is 12.6. The van der Waals surface area contributed by atoms with E-state index in [2.05, 4.69) is 5.32 Å². The number of carbonyl (C=O) groups excluding carboxylic acids is 1. The first kappa shape index (κ1) is 16.5. The Morgan fingerprint density at radius 3 is 2.35 bits per heavy atom. The van der Waals surface area contributed by atoms with Crippen LogP contribution in [0.25, 0.3) is 0 Å². The molecule has 1 rings (SSSR count). The van der Waals surface area contributed by atoms with Crippen LogP contribution in [0.1, 0.15) is 32.8 Å². The Morgan fingerprint density at radius 1 is 1.30 bits per heavy atom. The minimum atomic E-state index is -0.394. The molecule has 0 saturated heterocycles. The lowest BCUT2D eigenvalue weighted by atomic mass is 10.2. The van der Waals surface area contributed by atoms with Crippen LogP contribution in [-0.4, -0.2) is 24.8 Å². The maximum Gasteiger partial charge on any atom is 0.221 e. The van der Waals surface area contributed by atoms with E-state index in [0.717, 1.165) is 11.3 Å². The molecule has 0 heterocycles. The van der Waals surface area contributed by atoms with Crippen molar-refractivity contribution in [3.8, 4) is 5.75 Å². The van der Waals surface area contributed by atoms with Gasteiger partial charge in [0.25, 0.3) is 0 Å². The summed E-state index contributed by atoms with van der Waals surface area (Å²) in [5.74, 6) is 0.426. The fraction of sp³-hybridized carbons (Fsp3) is 0.533. The lowest BCUT2D eigenvalue weighted by molar-refractivity contribution is -0.126. The summed E-state index contributed by atoms with van der Waals surface area (Å²) in [6, 6.07) is 7.71. The molecule has 1 aromatic rings. The van der Waals surface area contributed by atoms with E-state index in [-0.39, 0.29) is 17.9 Å². The Labute approximate surface area is 120 Å². The van der Waals surface area contributed by atoms with Gasteiger partial charge in [0.1, 0.15) is 12.0 Å². The smallest absolute Gasteiger partial charge is 0.221 e. The van der Waals surface area contributed by atoms with Crippen LogP contribution in [0.4, 0.5) is 0 Å². The molecule has 0 aliphatic carbocycles. The van der Waals surface area contributed by atoms with Crippen molar-refractivity contribution in [3.05, 3.63) is 29.8 Å². The Balaban J connectivity index is 2.57. The van der Waals surface area contributed by atoms with E-state index in [1.165, 1.54) is 0 Å². The van der Waals surface area contributed by atoms with Crippen LogP contribution < -0.4 is 15.8 Å². The van der Waals surface area contributed by atoms with Gasteiger partial charge in [0.05, 0.1) is 19.1 Å². The van der Waals surface area contributed by atoms with Gasteiger partial charge in [-0.1, -0.05) is 12.1 Å². The number of primary amides is 1. The first-order chi connectivity index (χ1) is 9.30. The predicted octanol–water partition coefficient (Wildman–Crippen LogP) is 1.80. The van der Waals surface area contributed by atoms with E-state index >= 15 is 0 Å². The van der Waals surface area contributed by atoms with E-state index in [0.29, 0.717) is 6.54 Å². The molecule has 5 heteroatoms. The van der Waals surface area contributed by atoms with Crippen molar-refractivity contribution >= 4 is 5.91 Å². The number of amides is 1. The van der Waals surface area contributed by atoms with Gasteiger partial charge in [-0.05, 0) is 38.5 Å². The molecule has 5 nitrogen and oxygen atoms in total. The van der Waals surface area contributed by atoms with E-state index in [4.69, 9.17) is 15.2 Å². The van der Waals surface area contributed by atoms with Crippen molar-refractivity contribution in [3.63, 3.8) is 0 Å². The summed E-state index contributed by atoms with van der Waals surface area (Å²) in [7, 11) is 1.63. The molecule has 112 valence electrons. The number of ether oxygens (including phenoxy) is 2. The van der Waals surface area contributed by atoms with Gasteiger partial charge >= 0.3 is 0 Å². The highest BCUT2D eigenvalue weighted by Crippen LogP contribution is 2.14. The number of hydrogen-bond acceptors (Lipinski definition) is 4. The topological polar surface area (TPSA) is 73.6 Å². The molecule has 0 aliphatic heterocycles. The number of hydrogen-bond donors (Lipinski definition) is 2. The maximum atomic E-state index is 11.1. The zero-order chi connectivity index (χ0) is 15.2. The quantitative estimate of drug-likeness (QED) is 0.747. The third-order valence-electron chi connectivity index (χ3n) is 2.58. The molecule has 0 radical (unpaired) electrons. The first-order valence-corrected chi connectivity index (χ1v) is 6.62. The highest BCUT2D eigenvalue weighted by Gasteiger charge is 2.20. The van der Waals surface area contributed by atoms with Crippen LogP contribution in [0.2, 0.25) is 0 Å². The Hall–Kier alpha value is -1.59. The van der Waals surface area contributed by atoms with Gasteiger partial charge in [-0.25, -0.2) is 0 Å². The number of nitrogens with two attached hydrogens (primary N) is 1. The first-order valence-electron chi connectivity index (χ1n) is 6.62. The van der Waals surface area contributed by atoms with Crippen molar-refractivity contribution in [1.82, 2.24) is 5.32 Å². The monoisotopic (exact) mass is 280 g/mol. The molecule has 1 unspecified atom stereocenters. The van der Waals surface area contributed by atoms with Crippen LogP contribution in [0.15, 0.2) is 24.3 Å². The lowest BCUT2D eigenvalue weighted by Crippen LogP contribution is -2.40. The van der Waals surface area contributed by atoms with Crippen molar-refractivity contribution in [1.29, 1.82) is 0 Å². The van der Waals surface area contributed by atoms with Crippen molar-refractivity contribution in [2.45, 2.75) is 45.6 Å². The molecule has 0 saturated carbocycles. The predicted molar refractivity (Wildman–Crippen MR) is 78.3 cm³/mol. The molecular weight excluding hydrogens is 256 g/mol. The summed E-state index contributed by atoms with van der Waals surface area (Å²) in [6.07, 6.45) is -0.248. The van der Waals surface area contributed by atoms with Crippen molar-refractivity contribution in [2.24, 2.45) is 5.73 Å². The van der Waals surface area contributed by atoms with Crippen molar-refractivity contribution < 1.29 is 14.3 Å². The Morgan fingerprint density at radius 2 is 1.90 bits per heavy atom. The highest BCUT2D eigenvalue weighted by molar-refractivity contribution is 5.74. The van der Waals surface area contributed by atoms with E-state index < -0.39 is 6.23 Å². The fourth-order valence-electron chi connectivity index (χ4n) is 1.74. The lowest BCUT2D eigenvalue weighted by Gasteiger charge is -2.27. The molecule has 0 spiro atoms. The SMILES string of the molecule is COc1ccc(CNC(CC(N)=O)OC(C)(C)C)cc1. The van der Waals surface area contributed by atoms with Crippen LogP contribution in [0, 0.1) is 0 Å². The average Bonchev–Trinajstić information content (AvgIpc) is 2.34. The number of nitrogens with one attached hydrogen (secondary N) is 1. The van der Waals surface area contributed by atoms with Gasteiger partial charge in [-0.15, -0.1) is 0 Å². The van der Waals surface area contributed by atoms with E-state index in [1.54, 1.807) is 7.11 Å². The molecule has 0 bridgehead atoms. The second kappa shape index (κ2) is 7.26. The standard InChI is InChI=1S/C15H24N2O3/c1-15(2,3)20-14(9-13(16)18)17-10-11-5-7-12(19-4)8-6-11/h5-8,14,17H,9-10H2,1-4H3,(H2,16,18). The minimum Gasteiger partial charge on any atom is -0.497 e. The zero-order valence-electron chi connectivity index (χ0n) is 12.6. The molecule has 3 N–H and O–H groups in total. The number of rotatable bonds is 7. The Bertz CT molecular complexity index is 424. The summed E-state index contributed by atoms with van der Waals surface area (Å²) >= 11 is 0. The summed E-state index contributed by atoms with van der Waals surface area (Å²) < 4.78 is 10.9. The van der Waals surface area contributed by atoms with Gasteiger partial charge in [-0.2, -0.15) is 0 Å². The van der Waals surface area contributed by atoms with Gasteiger partial charge in [0.15, 0.2) is 0 Å². The molecule has 20 heavy (non-hydrogen) atoms. The van der Waals surface area contributed by atoms with Gasteiger partial charge in [0, 0.05) is 6.54 Å². The van der Waals surface area contributed by atoms with E-state index in [9.17, 15) is 4.79 Å². The van der Waals surface area contributed by atoms with Crippen LogP contribution >= 0.6 is 0 Å². The highest BCUT2D eigenvalue weighted by atomic mass is 16.5. The Kier molecular flexibility index (Phi) is 5.98. The third kappa shape index (κ3) is 6.54. The summed E-state index contributed by atoms with van der Waals surface area (Å²) in [6.45, 7) is 6.42. The second-order valence-corrected chi connectivity index (χ2v) is 5.62. The number of carbonyl (C=O) groups is 1. The van der Waals surface area contributed by atoms with Crippen LogP contribution in [-0.2, 0) is 16.1 Å². The van der Waals surface area contributed by atoms with Crippen LogP contribution in [0.5, 0.6) is 5.75 Å². The minimum absolute atomic E-state index is 0.146. The van der Waals surface area contributed by atoms with Gasteiger partial charge in [-0.3, -0.25) is 10.1 Å². The number of methoxy groups -OCH3 is 1. The van der Waals surface area contributed by atoms with E-state index in [1.807, 2.05) is 45.0 Å². The number of benzene rings is 1. The fourth-order valence-corrected chi connectivity index (χ4v) is 1.74. The summed E-state index contributed by atoms with van der Waals surface area (Å²) in [5.41, 5.74) is 5.98. The maximum absolute atomic E-state index is 11.1. The van der Waals surface area contributed by atoms with Crippen molar-refractivity contribution in [2.75, 3.05) is 7.11 Å². The molecule has 1 amide bonds. The molecule has 0 fully saturated rings. The third-order valence-corrected chi connectivity index (χ3v) is 2.58. The van der Waals surface area contributed by atoms with Gasteiger partial charge in [0.2, 0.25) is 5.91 Å². The summed E-state index contributed by atoms with van der Waals surface area (Å²) in [4.78, 5) is 11.1. The molecule has 1 atom stereocenters. The molecule has 0 aliphatic rings. The van der Waals surface area contributed by atoms with Gasteiger partial charge < -0.3 is 15.2 Å². The molecule has 1 aromatic carbocycles. The molecule has 0 aromatic heterocycles. The summed E-state index contributed by atoms with van der Waals surface area (Å²) in [5, 5.41) is 3.20. The van der Waals surface area contributed by atoms with Crippen LogP contribution in [0.3, 0.4) is 0 Å². The average molecular weight is 280 g/mol.